The third kappa shape index (κ3) is 15.9. The third-order valence-corrected chi connectivity index (χ3v) is 3.79. The van der Waals surface area contributed by atoms with Crippen LogP contribution in [0.2, 0.25) is 0 Å². The van der Waals surface area contributed by atoms with Crippen molar-refractivity contribution < 1.29 is 0 Å². The topological polar surface area (TPSA) is 29.3 Å². The molecule has 0 aromatic rings. The van der Waals surface area contributed by atoms with Gasteiger partial charge in [-0.05, 0) is 18.8 Å². The first kappa shape index (κ1) is 18.9. The van der Waals surface area contributed by atoms with Gasteiger partial charge in [0.25, 0.3) is 0 Å². The maximum atomic E-state index is 5.96. The average Bonchev–Trinajstić information content (AvgIpc) is 2.38. The van der Waals surface area contributed by atoms with Crippen LogP contribution < -0.4 is 5.84 Å². The highest BCUT2D eigenvalue weighted by molar-refractivity contribution is 4.54. The smallest absolute Gasteiger partial charge is 0.0131 e. The molecule has 0 aromatic carbocycles. The molecule has 2 N–H and O–H groups in total. The van der Waals surface area contributed by atoms with Gasteiger partial charge in [0, 0.05) is 13.1 Å². The monoisotopic (exact) mass is 270 g/mol. The molecule has 0 amide bonds. The number of unbranched alkanes of at least 4 members (excludes halogenated alkanes) is 9. The first-order valence-corrected chi connectivity index (χ1v) is 8.66. The van der Waals surface area contributed by atoms with E-state index in [0.717, 1.165) is 19.0 Å². The summed E-state index contributed by atoms with van der Waals surface area (Å²) in [6.07, 6.45) is 15.2. The zero-order valence-electron chi connectivity index (χ0n) is 13.8. The van der Waals surface area contributed by atoms with Gasteiger partial charge in [-0.1, -0.05) is 78.6 Å². The summed E-state index contributed by atoms with van der Waals surface area (Å²) < 4.78 is 0. The fourth-order valence-electron chi connectivity index (χ4n) is 2.34. The maximum Gasteiger partial charge on any atom is 0.0131 e. The minimum atomic E-state index is 0.763. The Morgan fingerprint density at radius 2 is 1.21 bits per heavy atom. The van der Waals surface area contributed by atoms with E-state index in [2.05, 4.69) is 20.8 Å². The minimum absolute atomic E-state index is 0.763. The molecule has 0 aromatic heterocycles. The van der Waals surface area contributed by atoms with Crippen LogP contribution in [0, 0.1) is 5.92 Å². The van der Waals surface area contributed by atoms with Gasteiger partial charge in [0.1, 0.15) is 0 Å². The number of rotatable bonds is 14. The molecule has 2 nitrogen and oxygen atoms in total. The summed E-state index contributed by atoms with van der Waals surface area (Å²) in [6, 6.07) is 0. The average molecular weight is 271 g/mol. The molecule has 0 rings (SSSR count). The molecule has 0 aliphatic carbocycles. The summed E-state index contributed by atoms with van der Waals surface area (Å²) in [4.78, 5) is 0. The fourth-order valence-corrected chi connectivity index (χ4v) is 2.34. The van der Waals surface area contributed by atoms with Gasteiger partial charge in [0.05, 0.1) is 0 Å². The lowest BCUT2D eigenvalue weighted by Gasteiger charge is -2.17. The summed E-state index contributed by atoms with van der Waals surface area (Å²) in [7, 11) is 0. The molecule has 0 fully saturated rings. The van der Waals surface area contributed by atoms with Crippen LogP contribution in [0.1, 0.15) is 91.4 Å². The normalized spacial score (nSPS) is 11.7. The number of nitrogens with two attached hydrogens (primary N) is 1. The van der Waals surface area contributed by atoms with Crippen molar-refractivity contribution in [2.75, 3.05) is 13.1 Å². The Bertz CT molecular complexity index is 169. The van der Waals surface area contributed by atoms with Gasteiger partial charge in [-0.25, -0.2) is 5.01 Å². The van der Waals surface area contributed by atoms with Crippen LogP contribution in [0.4, 0.5) is 0 Å². The fraction of sp³-hybridized carbons (Fsp3) is 1.00. The summed E-state index contributed by atoms with van der Waals surface area (Å²) in [5, 5.41) is 2.00. The number of hydrazine groups is 1. The van der Waals surface area contributed by atoms with E-state index >= 15 is 0 Å². The summed E-state index contributed by atoms with van der Waals surface area (Å²) in [5.41, 5.74) is 0. The number of hydrogen-bond acceptors (Lipinski definition) is 2. The van der Waals surface area contributed by atoms with Crippen molar-refractivity contribution in [2.24, 2.45) is 11.8 Å². The third-order valence-electron chi connectivity index (χ3n) is 3.79. The SMILES string of the molecule is CCCCCCCCCCCCN(N)CCC(C)C. The molecule has 0 atom stereocenters. The highest BCUT2D eigenvalue weighted by Crippen LogP contribution is 2.10. The van der Waals surface area contributed by atoms with Crippen molar-refractivity contribution in [3.63, 3.8) is 0 Å². The highest BCUT2D eigenvalue weighted by atomic mass is 15.4. The van der Waals surface area contributed by atoms with E-state index in [1.165, 1.54) is 70.6 Å². The molecule has 0 aliphatic heterocycles. The van der Waals surface area contributed by atoms with Crippen LogP contribution in [0.25, 0.3) is 0 Å². The molecule has 0 spiro atoms. The van der Waals surface area contributed by atoms with Crippen LogP contribution in [0.3, 0.4) is 0 Å². The Hall–Kier alpha value is -0.0800. The lowest BCUT2D eigenvalue weighted by Crippen LogP contribution is -2.33. The molecule has 0 bridgehead atoms. The van der Waals surface area contributed by atoms with Crippen molar-refractivity contribution >= 4 is 0 Å². The van der Waals surface area contributed by atoms with E-state index in [-0.39, 0.29) is 0 Å². The van der Waals surface area contributed by atoms with Crippen molar-refractivity contribution in [1.82, 2.24) is 5.01 Å². The van der Waals surface area contributed by atoms with Crippen LogP contribution in [0.5, 0.6) is 0 Å². The van der Waals surface area contributed by atoms with Crippen molar-refractivity contribution in [1.29, 1.82) is 0 Å². The van der Waals surface area contributed by atoms with Gasteiger partial charge in [0.15, 0.2) is 0 Å². The van der Waals surface area contributed by atoms with E-state index in [1.54, 1.807) is 0 Å². The Balaban J connectivity index is 3.09. The Labute approximate surface area is 122 Å². The molecule has 0 aliphatic rings. The van der Waals surface area contributed by atoms with Crippen LogP contribution in [-0.2, 0) is 0 Å². The molecule has 0 saturated heterocycles. The zero-order valence-corrected chi connectivity index (χ0v) is 13.8. The lowest BCUT2D eigenvalue weighted by atomic mass is 10.1. The second-order valence-corrected chi connectivity index (χ2v) is 6.40. The second kappa shape index (κ2) is 14.3. The number of hydrogen-bond donors (Lipinski definition) is 1. The molecule has 0 unspecified atom stereocenters. The quantitative estimate of drug-likeness (QED) is 0.269. The Kier molecular flexibility index (Phi) is 14.3. The van der Waals surface area contributed by atoms with E-state index in [9.17, 15) is 0 Å². The van der Waals surface area contributed by atoms with Gasteiger partial charge >= 0.3 is 0 Å². The van der Waals surface area contributed by atoms with E-state index < -0.39 is 0 Å². The Morgan fingerprint density at radius 3 is 1.68 bits per heavy atom. The van der Waals surface area contributed by atoms with Gasteiger partial charge in [-0.3, -0.25) is 5.84 Å². The maximum absolute atomic E-state index is 5.96. The number of nitrogens with zero attached hydrogens (tertiary/aromatic N) is 1. The molecule has 19 heavy (non-hydrogen) atoms. The van der Waals surface area contributed by atoms with E-state index in [0.29, 0.717) is 0 Å². The van der Waals surface area contributed by atoms with E-state index in [4.69, 9.17) is 5.84 Å². The van der Waals surface area contributed by atoms with Crippen molar-refractivity contribution in [3.05, 3.63) is 0 Å². The van der Waals surface area contributed by atoms with Crippen LogP contribution in [0.15, 0.2) is 0 Å². The minimum Gasteiger partial charge on any atom is -0.269 e. The molecule has 0 heterocycles. The van der Waals surface area contributed by atoms with Gasteiger partial charge < -0.3 is 0 Å². The molecule has 0 radical (unpaired) electrons. The molecular weight excluding hydrogens is 232 g/mol. The van der Waals surface area contributed by atoms with Crippen LogP contribution in [-0.4, -0.2) is 18.1 Å². The van der Waals surface area contributed by atoms with E-state index in [1.807, 2.05) is 5.01 Å². The summed E-state index contributed by atoms with van der Waals surface area (Å²) in [6.45, 7) is 8.92. The lowest BCUT2D eigenvalue weighted by molar-refractivity contribution is 0.259. The molecular formula is C17H38N2. The van der Waals surface area contributed by atoms with Gasteiger partial charge in [-0.2, -0.15) is 0 Å². The van der Waals surface area contributed by atoms with Crippen molar-refractivity contribution in [2.45, 2.75) is 91.4 Å². The van der Waals surface area contributed by atoms with Crippen LogP contribution >= 0.6 is 0 Å². The summed E-state index contributed by atoms with van der Waals surface area (Å²) in [5.74, 6) is 6.73. The molecule has 2 heteroatoms. The van der Waals surface area contributed by atoms with Crippen molar-refractivity contribution in [3.8, 4) is 0 Å². The summed E-state index contributed by atoms with van der Waals surface area (Å²) >= 11 is 0. The predicted octanol–water partition coefficient (Wildman–Crippen LogP) is 5.13. The molecule has 116 valence electrons. The van der Waals surface area contributed by atoms with Gasteiger partial charge in [-0.15, -0.1) is 0 Å². The second-order valence-electron chi connectivity index (χ2n) is 6.40. The standard InChI is InChI=1S/C17H38N2/c1-4-5-6-7-8-9-10-11-12-13-15-19(18)16-14-17(2)3/h17H,4-16,18H2,1-3H3. The predicted molar refractivity (Wildman–Crippen MR) is 87.1 cm³/mol. The first-order valence-electron chi connectivity index (χ1n) is 8.66. The first-order chi connectivity index (χ1) is 9.16. The van der Waals surface area contributed by atoms with Gasteiger partial charge in [0.2, 0.25) is 0 Å². The Morgan fingerprint density at radius 1 is 0.737 bits per heavy atom. The highest BCUT2D eigenvalue weighted by Gasteiger charge is 2.00. The largest absolute Gasteiger partial charge is 0.269 e. The zero-order chi connectivity index (χ0) is 14.3. The molecule has 0 saturated carbocycles.